The number of carbonyl (C=O) groups is 1. The summed E-state index contributed by atoms with van der Waals surface area (Å²) in [6, 6.07) is 9.84. The second-order valence-electron chi connectivity index (χ2n) is 4.77. The van der Waals surface area contributed by atoms with Crippen molar-refractivity contribution >= 4 is 23.2 Å². The maximum atomic E-state index is 11.0. The maximum Gasteiger partial charge on any atom is 0.222 e. The fourth-order valence-corrected chi connectivity index (χ4v) is 2.18. The van der Waals surface area contributed by atoms with Gasteiger partial charge in [-0.15, -0.1) is 10.2 Å². The third-order valence-electron chi connectivity index (χ3n) is 3.22. The van der Waals surface area contributed by atoms with Crippen LogP contribution < -0.4 is 10.6 Å². The number of amides is 1. The zero-order chi connectivity index (χ0) is 15.2. The Labute approximate surface area is 124 Å². The number of rotatable bonds is 5. The molecule has 0 spiro atoms. The molecule has 0 atom stereocenters. The molecule has 0 aliphatic heterocycles. The van der Waals surface area contributed by atoms with E-state index in [4.69, 9.17) is 0 Å². The number of benzene rings is 1. The smallest absolute Gasteiger partial charge is 0.222 e. The molecule has 5 heteroatoms. The highest BCUT2D eigenvalue weighted by Crippen LogP contribution is 2.25. The summed E-state index contributed by atoms with van der Waals surface area (Å²) in [6.07, 6.45) is 1.90. The molecule has 2 rings (SSSR count). The second kappa shape index (κ2) is 6.83. The number of hydrogen-bond acceptors (Lipinski definition) is 4. The molecular formula is C16H20N4O. The monoisotopic (exact) mass is 284 g/mol. The van der Waals surface area contributed by atoms with E-state index in [0.29, 0.717) is 11.6 Å². The van der Waals surface area contributed by atoms with E-state index in [2.05, 4.69) is 52.9 Å². The lowest BCUT2D eigenvalue weighted by Gasteiger charge is -2.14. The molecule has 2 N–H and O–H groups in total. The molecule has 0 unspecified atom stereocenters. The maximum absolute atomic E-state index is 11.0. The number of anilines is 3. The van der Waals surface area contributed by atoms with Gasteiger partial charge in [0.1, 0.15) is 0 Å². The molecule has 110 valence electrons. The summed E-state index contributed by atoms with van der Waals surface area (Å²) in [5, 5.41) is 14.0. The standard InChI is InChI=1S/C16H20N4O/c1-4-12-7-6-8-13(5-2)16(12)18-15-10-9-14(19-20-15)17-11(3)21/h6-10H,4-5H2,1-3H3,(H,18,20)(H,17,19,21). The van der Waals surface area contributed by atoms with Crippen molar-refractivity contribution in [3.8, 4) is 0 Å². The van der Waals surface area contributed by atoms with Crippen LogP contribution in [0, 0.1) is 0 Å². The van der Waals surface area contributed by atoms with Crippen LogP contribution in [-0.2, 0) is 17.6 Å². The van der Waals surface area contributed by atoms with Crippen LogP contribution in [0.2, 0.25) is 0 Å². The predicted octanol–water partition coefficient (Wildman–Crippen LogP) is 3.30. The van der Waals surface area contributed by atoms with Crippen LogP contribution in [0.1, 0.15) is 31.9 Å². The Morgan fingerprint density at radius 2 is 1.57 bits per heavy atom. The van der Waals surface area contributed by atoms with Gasteiger partial charge in [-0.1, -0.05) is 32.0 Å². The van der Waals surface area contributed by atoms with Crippen molar-refractivity contribution in [1.29, 1.82) is 0 Å². The SMILES string of the molecule is CCc1cccc(CC)c1Nc1ccc(NC(C)=O)nn1. The second-order valence-corrected chi connectivity index (χ2v) is 4.77. The highest BCUT2D eigenvalue weighted by atomic mass is 16.1. The van der Waals surface area contributed by atoms with Gasteiger partial charge < -0.3 is 10.6 Å². The number of para-hydroxylation sites is 1. The van der Waals surface area contributed by atoms with Crippen LogP contribution in [0.15, 0.2) is 30.3 Å². The molecule has 1 aromatic heterocycles. The van der Waals surface area contributed by atoms with Crippen LogP contribution >= 0.6 is 0 Å². The molecule has 1 heterocycles. The van der Waals surface area contributed by atoms with Crippen molar-refractivity contribution in [1.82, 2.24) is 10.2 Å². The Balaban J connectivity index is 2.23. The lowest BCUT2D eigenvalue weighted by atomic mass is 10.0. The van der Waals surface area contributed by atoms with Gasteiger partial charge in [-0.2, -0.15) is 0 Å². The molecule has 1 aromatic carbocycles. The predicted molar refractivity (Wildman–Crippen MR) is 84.8 cm³/mol. The molecule has 0 radical (unpaired) electrons. The summed E-state index contributed by atoms with van der Waals surface area (Å²) in [5.41, 5.74) is 3.60. The number of nitrogens with zero attached hydrogens (tertiary/aromatic N) is 2. The van der Waals surface area contributed by atoms with Crippen molar-refractivity contribution in [2.45, 2.75) is 33.6 Å². The lowest BCUT2D eigenvalue weighted by Crippen LogP contribution is -2.09. The van der Waals surface area contributed by atoms with Gasteiger partial charge in [-0.25, -0.2) is 0 Å². The summed E-state index contributed by atoms with van der Waals surface area (Å²) in [7, 11) is 0. The average molecular weight is 284 g/mol. The molecule has 0 saturated heterocycles. The molecule has 21 heavy (non-hydrogen) atoms. The van der Waals surface area contributed by atoms with Crippen LogP contribution in [-0.4, -0.2) is 16.1 Å². The molecule has 1 amide bonds. The number of carbonyl (C=O) groups excluding carboxylic acids is 1. The zero-order valence-corrected chi connectivity index (χ0v) is 12.6. The number of aryl methyl sites for hydroxylation is 2. The first-order valence-corrected chi connectivity index (χ1v) is 7.13. The van der Waals surface area contributed by atoms with E-state index in [1.54, 1.807) is 6.07 Å². The summed E-state index contributed by atoms with van der Waals surface area (Å²) in [6.45, 7) is 5.70. The van der Waals surface area contributed by atoms with Gasteiger partial charge in [-0.3, -0.25) is 4.79 Å². The molecular weight excluding hydrogens is 264 g/mol. The van der Waals surface area contributed by atoms with Gasteiger partial charge in [0.05, 0.1) is 0 Å². The van der Waals surface area contributed by atoms with Crippen LogP contribution in [0.25, 0.3) is 0 Å². The summed E-state index contributed by atoms with van der Waals surface area (Å²) < 4.78 is 0. The third kappa shape index (κ3) is 3.78. The first-order chi connectivity index (χ1) is 10.1. The molecule has 0 aliphatic rings. The summed E-state index contributed by atoms with van der Waals surface area (Å²) in [4.78, 5) is 11.0. The third-order valence-corrected chi connectivity index (χ3v) is 3.22. The van der Waals surface area contributed by atoms with E-state index in [1.165, 1.54) is 18.1 Å². The van der Waals surface area contributed by atoms with Crippen molar-refractivity contribution in [3.63, 3.8) is 0 Å². The molecule has 0 aliphatic carbocycles. The minimum Gasteiger partial charge on any atom is -0.338 e. The van der Waals surface area contributed by atoms with Gasteiger partial charge in [0.2, 0.25) is 5.91 Å². The first-order valence-electron chi connectivity index (χ1n) is 7.13. The zero-order valence-electron chi connectivity index (χ0n) is 12.6. The summed E-state index contributed by atoms with van der Waals surface area (Å²) in [5.74, 6) is 0.960. The van der Waals surface area contributed by atoms with Gasteiger partial charge in [0, 0.05) is 12.6 Å². The normalized spacial score (nSPS) is 10.2. The van der Waals surface area contributed by atoms with Crippen molar-refractivity contribution in [3.05, 3.63) is 41.5 Å². The average Bonchev–Trinajstić information content (AvgIpc) is 2.49. The van der Waals surface area contributed by atoms with E-state index >= 15 is 0 Å². The van der Waals surface area contributed by atoms with Crippen LogP contribution in [0.3, 0.4) is 0 Å². The Hall–Kier alpha value is -2.43. The Morgan fingerprint density at radius 1 is 1.00 bits per heavy atom. The molecule has 5 nitrogen and oxygen atoms in total. The quantitative estimate of drug-likeness (QED) is 0.884. The number of hydrogen-bond donors (Lipinski definition) is 2. The van der Waals surface area contributed by atoms with E-state index in [0.717, 1.165) is 18.5 Å². The highest BCUT2D eigenvalue weighted by molar-refractivity contribution is 5.87. The largest absolute Gasteiger partial charge is 0.338 e. The number of aromatic nitrogens is 2. The van der Waals surface area contributed by atoms with Crippen LogP contribution in [0.5, 0.6) is 0 Å². The molecule has 2 aromatic rings. The van der Waals surface area contributed by atoms with E-state index in [1.807, 2.05) is 6.07 Å². The number of nitrogens with one attached hydrogen (secondary N) is 2. The topological polar surface area (TPSA) is 66.9 Å². The van der Waals surface area contributed by atoms with Gasteiger partial charge >= 0.3 is 0 Å². The van der Waals surface area contributed by atoms with E-state index in [-0.39, 0.29) is 5.91 Å². The Kier molecular flexibility index (Phi) is 4.87. The van der Waals surface area contributed by atoms with Crippen molar-refractivity contribution in [2.24, 2.45) is 0 Å². The minimum atomic E-state index is -0.158. The van der Waals surface area contributed by atoms with E-state index in [9.17, 15) is 4.79 Å². The van der Waals surface area contributed by atoms with Gasteiger partial charge in [-0.05, 0) is 36.1 Å². The fourth-order valence-electron chi connectivity index (χ4n) is 2.18. The van der Waals surface area contributed by atoms with Crippen molar-refractivity contribution < 1.29 is 4.79 Å². The highest BCUT2D eigenvalue weighted by Gasteiger charge is 2.07. The lowest BCUT2D eigenvalue weighted by molar-refractivity contribution is -0.114. The molecule has 0 bridgehead atoms. The minimum absolute atomic E-state index is 0.158. The summed E-state index contributed by atoms with van der Waals surface area (Å²) >= 11 is 0. The molecule has 0 saturated carbocycles. The first kappa shape index (κ1) is 15.0. The van der Waals surface area contributed by atoms with Gasteiger partial charge in [0.15, 0.2) is 11.6 Å². The Bertz CT molecular complexity index is 600. The van der Waals surface area contributed by atoms with Gasteiger partial charge in [0.25, 0.3) is 0 Å². The molecule has 0 fully saturated rings. The fraction of sp³-hybridized carbons (Fsp3) is 0.312. The van der Waals surface area contributed by atoms with Crippen LogP contribution in [0.4, 0.5) is 17.3 Å². The Morgan fingerprint density at radius 3 is 2.05 bits per heavy atom. The van der Waals surface area contributed by atoms with Crippen molar-refractivity contribution in [2.75, 3.05) is 10.6 Å². The van der Waals surface area contributed by atoms with E-state index < -0.39 is 0 Å².